The third-order valence-electron chi connectivity index (χ3n) is 7.71. The zero-order valence-corrected chi connectivity index (χ0v) is 23.6. The second-order valence-corrected chi connectivity index (χ2v) is 11.7. The van der Waals surface area contributed by atoms with E-state index in [1.165, 1.54) is 5.56 Å². The molecule has 3 N–H and O–H groups in total. The number of phenols is 3. The molecule has 0 radical (unpaired) electrons. The minimum Gasteiger partial charge on any atom is -0.507 e. The Labute approximate surface area is 217 Å². The van der Waals surface area contributed by atoms with Crippen molar-refractivity contribution in [2.24, 2.45) is 0 Å². The number of phenolic OH excluding ortho intramolecular Hbond substituents is 3. The molecule has 0 fully saturated rings. The molecule has 1 atom stereocenters. The summed E-state index contributed by atoms with van der Waals surface area (Å²) in [7, 11) is 0. The van der Waals surface area contributed by atoms with E-state index in [1.807, 2.05) is 53.7 Å². The molecule has 0 bridgehead atoms. The SMILES string of the molecule is CC(=CC(C)(CC(C)(C)c1cc(C)c(O)c(C)c1)c1cc(C)c(O)c(C)c1)c1cc(C)c(O)c(C)c1. The van der Waals surface area contributed by atoms with Gasteiger partial charge < -0.3 is 15.3 Å². The Bertz CT molecular complexity index is 1270. The molecular weight excluding hydrogens is 444 g/mol. The van der Waals surface area contributed by atoms with Crippen LogP contribution < -0.4 is 0 Å². The van der Waals surface area contributed by atoms with Crippen LogP contribution in [0.25, 0.3) is 5.57 Å². The first-order valence-corrected chi connectivity index (χ1v) is 12.7. The van der Waals surface area contributed by atoms with Crippen LogP contribution in [-0.2, 0) is 10.8 Å². The van der Waals surface area contributed by atoms with Gasteiger partial charge in [-0.2, -0.15) is 0 Å². The van der Waals surface area contributed by atoms with Gasteiger partial charge in [-0.05, 0) is 128 Å². The molecule has 0 aromatic heterocycles. The van der Waals surface area contributed by atoms with Crippen molar-refractivity contribution >= 4 is 5.57 Å². The van der Waals surface area contributed by atoms with E-state index >= 15 is 0 Å². The van der Waals surface area contributed by atoms with Gasteiger partial charge in [-0.15, -0.1) is 0 Å². The fourth-order valence-corrected chi connectivity index (χ4v) is 5.63. The number of allylic oxidation sites excluding steroid dienone is 2. The number of hydrogen-bond donors (Lipinski definition) is 3. The average molecular weight is 487 g/mol. The smallest absolute Gasteiger partial charge is 0.121 e. The summed E-state index contributed by atoms with van der Waals surface area (Å²) in [6.07, 6.45) is 3.16. The minimum absolute atomic E-state index is 0.199. The standard InChI is InChI=1S/C33H42O3/c1-19-11-26(12-20(2)29(19)34)25(7)17-33(10,28-15-23(5)31(36)24(6)16-28)18-32(8,9)27-13-21(3)30(35)22(4)14-27/h11-17,34-36H,18H2,1-10H3. The van der Waals surface area contributed by atoms with Crippen molar-refractivity contribution in [2.45, 2.75) is 86.5 Å². The molecule has 1 unspecified atom stereocenters. The summed E-state index contributed by atoms with van der Waals surface area (Å²) in [5.74, 6) is 1.05. The predicted octanol–water partition coefficient (Wildman–Crippen LogP) is 8.38. The summed E-state index contributed by atoms with van der Waals surface area (Å²) in [5, 5.41) is 31.1. The van der Waals surface area contributed by atoms with Crippen LogP contribution >= 0.6 is 0 Å². The molecule has 3 aromatic rings. The first-order valence-electron chi connectivity index (χ1n) is 12.7. The summed E-state index contributed by atoms with van der Waals surface area (Å²) >= 11 is 0. The Morgan fingerprint density at radius 2 is 0.944 bits per heavy atom. The Balaban J connectivity index is 2.21. The van der Waals surface area contributed by atoms with Crippen molar-refractivity contribution in [1.82, 2.24) is 0 Å². The molecule has 3 heteroatoms. The first kappa shape index (κ1) is 27.4. The maximum absolute atomic E-state index is 10.5. The van der Waals surface area contributed by atoms with Gasteiger partial charge in [-0.3, -0.25) is 0 Å². The van der Waals surface area contributed by atoms with Crippen molar-refractivity contribution in [1.29, 1.82) is 0 Å². The van der Waals surface area contributed by atoms with E-state index in [0.29, 0.717) is 17.2 Å². The third-order valence-corrected chi connectivity index (χ3v) is 7.71. The molecule has 36 heavy (non-hydrogen) atoms. The Hall–Kier alpha value is -3.20. The van der Waals surface area contributed by atoms with Crippen LogP contribution in [0.3, 0.4) is 0 Å². The Morgan fingerprint density at radius 1 is 0.611 bits per heavy atom. The highest BCUT2D eigenvalue weighted by atomic mass is 16.3. The molecule has 0 saturated carbocycles. The zero-order chi connectivity index (χ0) is 27.2. The molecule has 0 heterocycles. The lowest BCUT2D eigenvalue weighted by Crippen LogP contribution is -2.31. The van der Waals surface area contributed by atoms with Crippen LogP contribution in [-0.4, -0.2) is 15.3 Å². The minimum atomic E-state index is -0.351. The van der Waals surface area contributed by atoms with Crippen molar-refractivity contribution in [3.63, 3.8) is 0 Å². The lowest BCUT2D eigenvalue weighted by molar-refractivity contribution is 0.377. The maximum Gasteiger partial charge on any atom is 0.121 e. The number of rotatable bonds is 6. The van der Waals surface area contributed by atoms with Crippen LogP contribution in [0.2, 0.25) is 0 Å². The van der Waals surface area contributed by atoms with Gasteiger partial charge in [-0.25, -0.2) is 0 Å². The monoisotopic (exact) mass is 486 g/mol. The second kappa shape index (κ2) is 9.69. The molecule has 3 aromatic carbocycles. The number of aromatic hydroxyl groups is 3. The molecule has 3 rings (SSSR count). The quantitative estimate of drug-likeness (QED) is 0.328. The normalized spacial score (nSPS) is 14.1. The lowest BCUT2D eigenvalue weighted by Gasteiger charge is -2.38. The predicted molar refractivity (Wildman–Crippen MR) is 151 cm³/mol. The summed E-state index contributed by atoms with van der Waals surface area (Å²) in [4.78, 5) is 0. The molecule has 0 saturated heterocycles. The largest absolute Gasteiger partial charge is 0.507 e. The van der Waals surface area contributed by atoms with Crippen LogP contribution in [0.1, 0.15) is 84.2 Å². The number of hydrogen-bond acceptors (Lipinski definition) is 3. The molecule has 0 aliphatic rings. The van der Waals surface area contributed by atoms with Crippen molar-refractivity contribution < 1.29 is 15.3 Å². The van der Waals surface area contributed by atoms with Gasteiger partial charge in [0.15, 0.2) is 0 Å². The van der Waals surface area contributed by atoms with Gasteiger partial charge in [0.2, 0.25) is 0 Å². The van der Waals surface area contributed by atoms with Gasteiger partial charge in [0.05, 0.1) is 0 Å². The topological polar surface area (TPSA) is 60.7 Å². The first-order chi connectivity index (χ1) is 16.6. The van der Waals surface area contributed by atoms with E-state index in [1.54, 1.807) is 0 Å². The molecule has 0 spiro atoms. The van der Waals surface area contributed by atoms with Crippen molar-refractivity contribution in [2.75, 3.05) is 0 Å². The highest BCUT2D eigenvalue weighted by Gasteiger charge is 2.35. The van der Waals surface area contributed by atoms with Gasteiger partial charge in [0.1, 0.15) is 17.2 Å². The summed E-state index contributed by atoms with van der Waals surface area (Å²) in [6, 6.07) is 12.5. The van der Waals surface area contributed by atoms with E-state index in [-0.39, 0.29) is 10.8 Å². The van der Waals surface area contributed by atoms with Crippen molar-refractivity contribution in [3.05, 3.63) is 92.5 Å². The highest BCUT2D eigenvalue weighted by molar-refractivity contribution is 5.68. The second-order valence-electron chi connectivity index (χ2n) is 11.7. The Kier molecular flexibility index (Phi) is 7.37. The van der Waals surface area contributed by atoms with E-state index in [4.69, 9.17) is 0 Å². The van der Waals surface area contributed by atoms with Crippen LogP contribution in [0.4, 0.5) is 0 Å². The summed E-state index contributed by atoms with van der Waals surface area (Å²) in [6.45, 7) is 20.6. The molecular formula is C33H42O3. The molecule has 0 amide bonds. The van der Waals surface area contributed by atoms with E-state index < -0.39 is 0 Å². The van der Waals surface area contributed by atoms with Crippen LogP contribution in [0, 0.1) is 41.5 Å². The third kappa shape index (κ3) is 5.31. The van der Waals surface area contributed by atoms with Gasteiger partial charge in [0.25, 0.3) is 0 Å². The molecule has 0 aliphatic carbocycles. The Morgan fingerprint density at radius 3 is 1.33 bits per heavy atom. The van der Waals surface area contributed by atoms with Crippen LogP contribution in [0.5, 0.6) is 17.2 Å². The lowest BCUT2D eigenvalue weighted by atomic mass is 9.66. The van der Waals surface area contributed by atoms with E-state index in [2.05, 4.69) is 58.0 Å². The van der Waals surface area contributed by atoms with Crippen molar-refractivity contribution in [3.8, 4) is 17.2 Å². The van der Waals surface area contributed by atoms with Gasteiger partial charge >= 0.3 is 0 Å². The van der Waals surface area contributed by atoms with Gasteiger partial charge in [-0.1, -0.05) is 51.1 Å². The summed E-state index contributed by atoms with van der Waals surface area (Å²) < 4.78 is 0. The zero-order valence-electron chi connectivity index (χ0n) is 23.6. The molecule has 0 aliphatic heterocycles. The summed E-state index contributed by atoms with van der Waals surface area (Å²) in [5.41, 5.74) is 9.27. The number of aryl methyl sites for hydroxylation is 6. The van der Waals surface area contributed by atoms with E-state index in [9.17, 15) is 15.3 Å². The fraction of sp³-hybridized carbons (Fsp3) is 0.394. The number of benzene rings is 3. The fourth-order valence-electron chi connectivity index (χ4n) is 5.63. The van der Waals surface area contributed by atoms with E-state index in [0.717, 1.165) is 56.5 Å². The highest BCUT2D eigenvalue weighted by Crippen LogP contribution is 2.44. The average Bonchev–Trinajstić information content (AvgIpc) is 2.77. The van der Waals surface area contributed by atoms with Crippen LogP contribution in [0.15, 0.2) is 42.5 Å². The maximum atomic E-state index is 10.5. The molecule has 192 valence electrons. The van der Waals surface area contributed by atoms with Gasteiger partial charge in [0, 0.05) is 5.41 Å². The molecule has 3 nitrogen and oxygen atoms in total.